The minimum absolute atomic E-state index is 0.0146. The number of nitrogen functional groups attached to an aromatic ring is 1. The van der Waals surface area contributed by atoms with Gasteiger partial charge in [0.25, 0.3) is 0 Å². The Kier molecular flexibility index (Phi) is 2.96. The lowest BCUT2D eigenvalue weighted by Gasteiger charge is -2.06. The maximum atomic E-state index is 12.8. The van der Waals surface area contributed by atoms with Crippen LogP contribution in [0.3, 0.4) is 0 Å². The molecule has 3 rings (SSSR count). The van der Waals surface area contributed by atoms with Crippen LogP contribution >= 0.6 is 0 Å². The summed E-state index contributed by atoms with van der Waals surface area (Å²) in [7, 11) is 0. The smallest absolute Gasteiger partial charge is 0.328 e. The zero-order valence-corrected chi connectivity index (χ0v) is 10.1. The van der Waals surface area contributed by atoms with E-state index in [0.29, 0.717) is 5.75 Å². The molecule has 0 atom stereocenters. The van der Waals surface area contributed by atoms with Crippen molar-refractivity contribution >= 4 is 5.95 Å². The summed E-state index contributed by atoms with van der Waals surface area (Å²) < 4.78 is 19.8. The van der Waals surface area contributed by atoms with Gasteiger partial charge >= 0.3 is 6.01 Å². The summed E-state index contributed by atoms with van der Waals surface area (Å²) in [6.07, 6.45) is 4.77. The Labute approximate surface area is 112 Å². The van der Waals surface area contributed by atoms with E-state index in [1.54, 1.807) is 17.0 Å². The number of hydrogen-bond donors (Lipinski definition) is 1. The second kappa shape index (κ2) is 4.92. The molecule has 0 aliphatic heterocycles. The van der Waals surface area contributed by atoms with Crippen LogP contribution in [0.25, 0.3) is 5.95 Å². The molecule has 0 radical (unpaired) electrons. The van der Waals surface area contributed by atoms with Crippen LogP contribution in [-0.4, -0.2) is 24.5 Å². The van der Waals surface area contributed by atoms with Gasteiger partial charge in [0.05, 0.1) is 0 Å². The predicted molar refractivity (Wildman–Crippen MR) is 67.8 cm³/mol. The number of rotatable bonds is 3. The molecule has 2 aromatic heterocycles. The molecular weight excluding hydrogens is 263 g/mol. The first-order chi connectivity index (χ1) is 9.70. The van der Waals surface area contributed by atoms with Crippen LogP contribution in [0.5, 0.6) is 11.8 Å². The Morgan fingerprint density at radius 3 is 2.60 bits per heavy atom. The van der Waals surface area contributed by atoms with E-state index in [0.717, 1.165) is 0 Å². The van der Waals surface area contributed by atoms with Crippen LogP contribution in [0.4, 0.5) is 10.3 Å². The third-order valence-electron chi connectivity index (χ3n) is 2.38. The summed E-state index contributed by atoms with van der Waals surface area (Å²) in [4.78, 5) is 15.8. The van der Waals surface area contributed by atoms with Gasteiger partial charge in [-0.05, 0) is 24.3 Å². The van der Waals surface area contributed by atoms with Gasteiger partial charge in [-0.15, -0.1) is 0 Å². The Hall–Kier alpha value is -3.03. The second-order valence-corrected chi connectivity index (χ2v) is 3.80. The van der Waals surface area contributed by atoms with Crippen molar-refractivity contribution in [1.29, 1.82) is 0 Å². The number of nitrogens with zero attached hydrogens (tertiary/aromatic N) is 5. The van der Waals surface area contributed by atoms with Gasteiger partial charge < -0.3 is 10.5 Å². The van der Waals surface area contributed by atoms with Crippen molar-refractivity contribution in [1.82, 2.24) is 24.5 Å². The molecule has 0 bridgehead atoms. The molecule has 0 aliphatic carbocycles. The summed E-state index contributed by atoms with van der Waals surface area (Å²) >= 11 is 0. The van der Waals surface area contributed by atoms with Gasteiger partial charge in [-0.2, -0.15) is 15.0 Å². The summed E-state index contributed by atoms with van der Waals surface area (Å²) in [5, 5.41) is 0. The predicted octanol–water partition coefficient (Wildman–Crippen LogP) is 1.57. The number of ether oxygens (including phenoxy) is 1. The fraction of sp³-hybridized carbons (Fsp3) is 0. The molecule has 100 valence electrons. The molecule has 2 heterocycles. The maximum Gasteiger partial charge on any atom is 0.328 e. The van der Waals surface area contributed by atoms with E-state index >= 15 is 0 Å². The quantitative estimate of drug-likeness (QED) is 0.778. The molecule has 1 aromatic carbocycles. The van der Waals surface area contributed by atoms with Crippen LogP contribution in [0, 0.1) is 5.82 Å². The summed E-state index contributed by atoms with van der Waals surface area (Å²) in [6, 6.07) is 5.50. The van der Waals surface area contributed by atoms with E-state index in [1.807, 2.05) is 0 Å². The van der Waals surface area contributed by atoms with E-state index in [1.165, 1.54) is 30.6 Å². The topological polar surface area (TPSA) is 91.7 Å². The monoisotopic (exact) mass is 272 g/mol. The minimum Gasteiger partial charge on any atom is -0.424 e. The van der Waals surface area contributed by atoms with Gasteiger partial charge in [0.2, 0.25) is 11.9 Å². The van der Waals surface area contributed by atoms with Crippen LogP contribution in [0.2, 0.25) is 0 Å². The maximum absolute atomic E-state index is 12.8. The first kappa shape index (κ1) is 12.0. The average molecular weight is 272 g/mol. The van der Waals surface area contributed by atoms with Crippen molar-refractivity contribution < 1.29 is 9.13 Å². The van der Waals surface area contributed by atoms with Gasteiger partial charge in [-0.25, -0.2) is 9.37 Å². The number of hydrogen-bond acceptors (Lipinski definition) is 6. The van der Waals surface area contributed by atoms with Crippen molar-refractivity contribution in [2.75, 3.05) is 5.73 Å². The average Bonchev–Trinajstić information content (AvgIpc) is 2.95. The molecule has 0 fully saturated rings. The normalized spacial score (nSPS) is 10.4. The Balaban J connectivity index is 1.92. The van der Waals surface area contributed by atoms with Crippen LogP contribution < -0.4 is 10.5 Å². The number of aromatic nitrogens is 5. The van der Waals surface area contributed by atoms with Crippen molar-refractivity contribution in [3.8, 4) is 17.7 Å². The highest BCUT2D eigenvalue weighted by Gasteiger charge is 2.08. The summed E-state index contributed by atoms with van der Waals surface area (Å²) in [5.74, 6) is 0.341. The zero-order chi connectivity index (χ0) is 13.9. The van der Waals surface area contributed by atoms with Crippen molar-refractivity contribution in [2.24, 2.45) is 0 Å². The number of imidazole rings is 1. The molecule has 7 nitrogen and oxygen atoms in total. The highest BCUT2D eigenvalue weighted by Crippen LogP contribution is 2.19. The molecular formula is C12H9FN6O. The molecule has 20 heavy (non-hydrogen) atoms. The zero-order valence-electron chi connectivity index (χ0n) is 10.1. The highest BCUT2D eigenvalue weighted by molar-refractivity contribution is 5.29. The highest BCUT2D eigenvalue weighted by atomic mass is 19.1. The molecule has 0 amide bonds. The molecule has 0 saturated heterocycles. The van der Waals surface area contributed by atoms with E-state index in [-0.39, 0.29) is 23.7 Å². The number of anilines is 1. The lowest BCUT2D eigenvalue weighted by Crippen LogP contribution is -2.06. The molecule has 0 saturated carbocycles. The fourth-order valence-electron chi connectivity index (χ4n) is 1.51. The van der Waals surface area contributed by atoms with Crippen molar-refractivity contribution in [2.45, 2.75) is 0 Å². The van der Waals surface area contributed by atoms with Crippen LogP contribution in [-0.2, 0) is 0 Å². The summed E-state index contributed by atoms with van der Waals surface area (Å²) in [6.45, 7) is 0. The molecule has 2 N–H and O–H groups in total. The molecule has 0 spiro atoms. The van der Waals surface area contributed by atoms with Crippen LogP contribution in [0.15, 0.2) is 43.0 Å². The van der Waals surface area contributed by atoms with E-state index < -0.39 is 0 Å². The van der Waals surface area contributed by atoms with Gasteiger partial charge in [0, 0.05) is 12.4 Å². The Morgan fingerprint density at radius 1 is 1.10 bits per heavy atom. The van der Waals surface area contributed by atoms with Gasteiger partial charge in [0.15, 0.2) is 0 Å². The van der Waals surface area contributed by atoms with E-state index in [9.17, 15) is 4.39 Å². The second-order valence-electron chi connectivity index (χ2n) is 3.80. The van der Waals surface area contributed by atoms with Crippen molar-refractivity contribution in [3.05, 3.63) is 48.8 Å². The Morgan fingerprint density at radius 2 is 1.90 bits per heavy atom. The number of nitrogens with two attached hydrogens (primary N) is 1. The molecule has 0 unspecified atom stereocenters. The lowest BCUT2D eigenvalue weighted by atomic mass is 10.3. The number of halogens is 1. The van der Waals surface area contributed by atoms with Crippen LogP contribution in [0.1, 0.15) is 0 Å². The van der Waals surface area contributed by atoms with E-state index in [4.69, 9.17) is 10.5 Å². The minimum atomic E-state index is -0.355. The molecule has 3 aromatic rings. The van der Waals surface area contributed by atoms with Crippen molar-refractivity contribution in [3.63, 3.8) is 0 Å². The molecule has 8 heteroatoms. The first-order valence-corrected chi connectivity index (χ1v) is 5.64. The largest absolute Gasteiger partial charge is 0.424 e. The Bertz CT molecular complexity index is 713. The lowest BCUT2D eigenvalue weighted by molar-refractivity contribution is 0.438. The summed E-state index contributed by atoms with van der Waals surface area (Å²) in [5.41, 5.74) is 5.61. The van der Waals surface area contributed by atoms with Gasteiger partial charge in [-0.3, -0.25) is 4.57 Å². The first-order valence-electron chi connectivity index (χ1n) is 5.64. The third kappa shape index (κ3) is 2.53. The van der Waals surface area contributed by atoms with E-state index in [2.05, 4.69) is 19.9 Å². The van der Waals surface area contributed by atoms with Gasteiger partial charge in [0.1, 0.15) is 17.9 Å². The fourth-order valence-corrected chi connectivity index (χ4v) is 1.51. The standard InChI is InChI=1S/C12H9FN6O/c13-8-1-3-9(4-2-8)20-12-17-10(14)16-11(18-12)19-6-5-15-7-19/h1-7H,(H2,14,16,17,18). The molecule has 0 aliphatic rings. The van der Waals surface area contributed by atoms with Gasteiger partial charge in [-0.1, -0.05) is 0 Å². The third-order valence-corrected chi connectivity index (χ3v) is 2.38. The number of benzene rings is 1. The SMILES string of the molecule is Nc1nc(Oc2ccc(F)cc2)nc(-n2ccnc2)n1.